The summed E-state index contributed by atoms with van der Waals surface area (Å²) < 4.78 is 0. The summed E-state index contributed by atoms with van der Waals surface area (Å²) in [5.74, 6) is 0.614. The molecule has 0 radical (unpaired) electrons. The summed E-state index contributed by atoms with van der Waals surface area (Å²) >= 11 is 1.87. The van der Waals surface area contributed by atoms with Crippen LogP contribution in [0.2, 0.25) is 0 Å². The molecule has 2 heteroatoms. The van der Waals surface area contributed by atoms with E-state index < -0.39 is 0 Å². The Bertz CT molecular complexity index is 459. The average Bonchev–Trinajstić information content (AvgIpc) is 2.93. The maximum Gasteiger partial charge on any atom is 0.00454 e. The molecule has 0 fully saturated rings. The zero-order valence-corrected chi connectivity index (χ0v) is 12.7. The molecule has 0 aliphatic heterocycles. The highest BCUT2D eigenvalue weighted by atomic mass is 32.1. The summed E-state index contributed by atoms with van der Waals surface area (Å²) in [5, 5.41) is 5.66. The average molecular weight is 273 g/mol. The van der Waals surface area contributed by atoms with Crippen molar-refractivity contribution in [3.8, 4) is 0 Å². The topological polar surface area (TPSA) is 12.0 Å². The monoisotopic (exact) mass is 273 g/mol. The van der Waals surface area contributed by atoms with Crippen LogP contribution in [0, 0.1) is 6.92 Å². The lowest BCUT2D eigenvalue weighted by molar-refractivity contribution is 0.563. The van der Waals surface area contributed by atoms with Crippen LogP contribution in [0.25, 0.3) is 0 Å². The molecule has 1 aromatic carbocycles. The van der Waals surface area contributed by atoms with Gasteiger partial charge < -0.3 is 5.32 Å². The van der Waals surface area contributed by atoms with Crippen molar-refractivity contribution in [2.45, 2.75) is 32.6 Å². The van der Waals surface area contributed by atoms with Gasteiger partial charge >= 0.3 is 0 Å². The van der Waals surface area contributed by atoms with Crippen LogP contribution in [0.1, 0.15) is 35.3 Å². The van der Waals surface area contributed by atoms with Crippen LogP contribution in [-0.4, -0.2) is 13.1 Å². The molecule has 1 N–H and O–H groups in total. The SMILES string of the molecule is CCNCC(CCc1cccs1)c1ccc(C)cc1. The van der Waals surface area contributed by atoms with E-state index in [1.165, 1.54) is 28.8 Å². The number of aryl methyl sites for hydroxylation is 2. The predicted octanol–water partition coefficient (Wildman–Crippen LogP) is 4.38. The molecule has 0 aliphatic rings. The van der Waals surface area contributed by atoms with Gasteiger partial charge in [-0.05, 0) is 49.2 Å². The third-order valence-corrected chi connectivity index (χ3v) is 4.44. The Morgan fingerprint density at radius 3 is 2.58 bits per heavy atom. The highest BCUT2D eigenvalue weighted by Crippen LogP contribution is 2.23. The summed E-state index contributed by atoms with van der Waals surface area (Å²) in [7, 11) is 0. The summed E-state index contributed by atoms with van der Waals surface area (Å²) in [5.41, 5.74) is 2.80. The van der Waals surface area contributed by atoms with E-state index in [-0.39, 0.29) is 0 Å². The second kappa shape index (κ2) is 7.46. The van der Waals surface area contributed by atoms with Crippen molar-refractivity contribution >= 4 is 11.3 Å². The molecular formula is C17H23NS. The largest absolute Gasteiger partial charge is 0.316 e. The first-order valence-electron chi connectivity index (χ1n) is 7.09. The molecule has 0 aliphatic carbocycles. The van der Waals surface area contributed by atoms with Gasteiger partial charge in [-0.2, -0.15) is 0 Å². The van der Waals surface area contributed by atoms with E-state index in [9.17, 15) is 0 Å². The summed E-state index contributed by atoms with van der Waals surface area (Å²) in [6, 6.07) is 13.4. The van der Waals surface area contributed by atoms with Gasteiger partial charge in [0.25, 0.3) is 0 Å². The molecule has 2 aromatic rings. The molecule has 1 aromatic heterocycles. The lowest BCUT2D eigenvalue weighted by Gasteiger charge is -2.17. The van der Waals surface area contributed by atoms with Crippen molar-refractivity contribution < 1.29 is 0 Å². The van der Waals surface area contributed by atoms with Gasteiger partial charge in [0.05, 0.1) is 0 Å². The van der Waals surface area contributed by atoms with Gasteiger partial charge in [0.1, 0.15) is 0 Å². The van der Waals surface area contributed by atoms with E-state index in [1.807, 2.05) is 11.3 Å². The van der Waals surface area contributed by atoms with Crippen molar-refractivity contribution in [3.63, 3.8) is 0 Å². The maximum absolute atomic E-state index is 3.49. The third kappa shape index (κ3) is 4.48. The molecule has 1 atom stereocenters. The van der Waals surface area contributed by atoms with Crippen molar-refractivity contribution in [1.82, 2.24) is 5.32 Å². The third-order valence-electron chi connectivity index (χ3n) is 3.51. The quantitative estimate of drug-likeness (QED) is 0.789. The summed E-state index contributed by atoms with van der Waals surface area (Å²) in [6.07, 6.45) is 2.40. The van der Waals surface area contributed by atoms with Gasteiger partial charge in [-0.15, -0.1) is 11.3 Å². The zero-order valence-electron chi connectivity index (χ0n) is 11.9. The fourth-order valence-electron chi connectivity index (χ4n) is 2.32. The minimum absolute atomic E-state index is 0.614. The van der Waals surface area contributed by atoms with Gasteiger partial charge in [-0.1, -0.05) is 42.8 Å². The number of benzene rings is 1. The molecule has 0 saturated heterocycles. The lowest BCUT2D eigenvalue weighted by atomic mass is 9.93. The van der Waals surface area contributed by atoms with Gasteiger partial charge in [0.2, 0.25) is 0 Å². The summed E-state index contributed by atoms with van der Waals surface area (Å²) in [6.45, 7) is 6.44. The lowest BCUT2D eigenvalue weighted by Crippen LogP contribution is -2.21. The first-order chi connectivity index (χ1) is 9.29. The van der Waals surface area contributed by atoms with E-state index in [1.54, 1.807) is 0 Å². The van der Waals surface area contributed by atoms with Crippen LogP contribution in [0.5, 0.6) is 0 Å². The van der Waals surface area contributed by atoms with E-state index in [2.05, 4.69) is 60.9 Å². The molecule has 2 rings (SSSR count). The molecule has 1 nitrogen and oxygen atoms in total. The first-order valence-corrected chi connectivity index (χ1v) is 7.97. The number of nitrogens with one attached hydrogen (secondary N) is 1. The van der Waals surface area contributed by atoms with Crippen LogP contribution in [0.3, 0.4) is 0 Å². The van der Waals surface area contributed by atoms with Gasteiger partial charge in [-0.3, -0.25) is 0 Å². The second-order valence-electron chi connectivity index (χ2n) is 5.03. The van der Waals surface area contributed by atoms with E-state index in [4.69, 9.17) is 0 Å². The molecule has 1 unspecified atom stereocenters. The van der Waals surface area contributed by atoms with Crippen molar-refractivity contribution in [1.29, 1.82) is 0 Å². The fourth-order valence-corrected chi connectivity index (χ4v) is 3.04. The minimum Gasteiger partial charge on any atom is -0.316 e. The maximum atomic E-state index is 3.49. The molecule has 0 bridgehead atoms. The van der Waals surface area contributed by atoms with Crippen LogP contribution in [-0.2, 0) is 6.42 Å². The number of hydrogen-bond acceptors (Lipinski definition) is 2. The zero-order chi connectivity index (χ0) is 13.5. The first kappa shape index (κ1) is 14.3. The molecule has 19 heavy (non-hydrogen) atoms. The molecule has 0 spiro atoms. The number of thiophene rings is 1. The highest BCUT2D eigenvalue weighted by Gasteiger charge is 2.11. The van der Waals surface area contributed by atoms with Gasteiger partial charge in [0.15, 0.2) is 0 Å². The fraction of sp³-hybridized carbons (Fsp3) is 0.412. The molecule has 1 heterocycles. The molecule has 0 amide bonds. The number of likely N-dealkylation sites (N-methyl/N-ethyl adjacent to an activating group) is 1. The standard InChI is InChI=1S/C17H23NS/c1-3-18-13-16(10-11-17-5-4-12-19-17)15-8-6-14(2)7-9-15/h4-9,12,16,18H,3,10-11,13H2,1-2H3. The predicted molar refractivity (Wildman–Crippen MR) is 85.1 cm³/mol. The Hall–Kier alpha value is -1.12. The Morgan fingerprint density at radius 2 is 1.95 bits per heavy atom. The highest BCUT2D eigenvalue weighted by molar-refractivity contribution is 7.09. The van der Waals surface area contributed by atoms with Crippen LogP contribution in [0.4, 0.5) is 0 Å². The van der Waals surface area contributed by atoms with E-state index in [0.29, 0.717) is 5.92 Å². The molecular weight excluding hydrogens is 250 g/mol. The van der Waals surface area contributed by atoms with Gasteiger partial charge in [-0.25, -0.2) is 0 Å². The Labute approximate surface area is 120 Å². The van der Waals surface area contributed by atoms with E-state index in [0.717, 1.165) is 13.1 Å². The number of hydrogen-bond donors (Lipinski definition) is 1. The van der Waals surface area contributed by atoms with Gasteiger partial charge in [0, 0.05) is 11.4 Å². The Morgan fingerprint density at radius 1 is 1.16 bits per heavy atom. The minimum atomic E-state index is 0.614. The molecule has 0 saturated carbocycles. The summed E-state index contributed by atoms with van der Waals surface area (Å²) in [4.78, 5) is 1.49. The van der Waals surface area contributed by atoms with Crippen LogP contribution >= 0.6 is 11.3 Å². The van der Waals surface area contributed by atoms with E-state index >= 15 is 0 Å². The smallest absolute Gasteiger partial charge is 0.00454 e. The molecule has 102 valence electrons. The number of rotatable bonds is 7. The normalized spacial score (nSPS) is 12.5. The Kier molecular flexibility index (Phi) is 5.62. The van der Waals surface area contributed by atoms with Crippen molar-refractivity contribution in [3.05, 3.63) is 57.8 Å². The van der Waals surface area contributed by atoms with Crippen molar-refractivity contribution in [2.24, 2.45) is 0 Å². The Balaban J connectivity index is 2.00. The second-order valence-corrected chi connectivity index (χ2v) is 6.07. The van der Waals surface area contributed by atoms with Crippen LogP contribution in [0.15, 0.2) is 41.8 Å². The van der Waals surface area contributed by atoms with Crippen LogP contribution < -0.4 is 5.32 Å². The van der Waals surface area contributed by atoms with Crippen molar-refractivity contribution in [2.75, 3.05) is 13.1 Å².